The quantitative estimate of drug-likeness (QED) is 0.198. The van der Waals surface area contributed by atoms with E-state index in [0.717, 1.165) is 0 Å². The average molecular weight is 428 g/mol. The van der Waals surface area contributed by atoms with Gasteiger partial charge in [-0.25, -0.2) is 0 Å². The fourth-order valence-electron chi connectivity index (χ4n) is 3.04. The second-order valence-electron chi connectivity index (χ2n) is 6.77. The number of rotatable bonds is 5. The van der Waals surface area contributed by atoms with E-state index in [9.17, 15) is 35.4 Å². The van der Waals surface area contributed by atoms with Crippen molar-refractivity contribution < 1.29 is 55.1 Å². The van der Waals surface area contributed by atoms with Gasteiger partial charge in [-0.3, -0.25) is 4.79 Å². The molecule has 2 heterocycles. The van der Waals surface area contributed by atoms with Crippen LogP contribution in [0.4, 0.5) is 0 Å². The van der Waals surface area contributed by atoms with Crippen LogP contribution in [-0.2, 0) is 14.3 Å². The van der Waals surface area contributed by atoms with Gasteiger partial charge in [-0.1, -0.05) is 6.92 Å². The van der Waals surface area contributed by atoms with E-state index in [1.807, 2.05) is 6.92 Å². The first-order valence-electron chi connectivity index (χ1n) is 9.20. The molecule has 2 saturated heterocycles. The number of hydrogen-bond acceptors (Lipinski definition) is 12. The molecular formula is C16H32N2O11. The molecule has 2 unspecified atom stereocenters. The van der Waals surface area contributed by atoms with Gasteiger partial charge in [0, 0.05) is 6.92 Å². The van der Waals surface area contributed by atoms with E-state index < -0.39 is 80.4 Å². The van der Waals surface area contributed by atoms with E-state index in [1.165, 1.54) is 6.92 Å². The van der Waals surface area contributed by atoms with Crippen molar-refractivity contribution in [2.75, 3.05) is 19.8 Å². The third-order valence-corrected chi connectivity index (χ3v) is 4.61. The fraction of sp³-hybridized carbons (Fsp3) is 0.938. The number of ether oxygens (including phenoxy) is 2. The van der Waals surface area contributed by atoms with Gasteiger partial charge >= 0.3 is 0 Å². The van der Waals surface area contributed by atoms with Crippen LogP contribution in [0.25, 0.3) is 0 Å². The van der Waals surface area contributed by atoms with Crippen LogP contribution in [0.3, 0.4) is 0 Å². The van der Waals surface area contributed by atoms with Crippen molar-refractivity contribution in [2.24, 2.45) is 0 Å². The van der Waals surface area contributed by atoms with Crippen LogP contribution in [-0.4, -0.2) is 128 Å². The Morgan fingerprint density at radius 3 is 1.59 bits per heavy atom. The second-order valence-corrected chi connectivity index (χ2v) is 6.77. The van der Waals surface area contributed by atoms with Crippen LogP contribution in [0.2, 0.25) is 0 Å². The topological polar surface area (TPSA) is 221 Å². The van der Waals surface area contributed by atoms with Gasteiger partial charge in [0.2, 0.25) is 5.91 Å². The molecule has 0 saturated carbocycles. The van der Waals surface area contributed by atoms with Gasteiger partial charge in [0.05, 0.1) is 19.3 Å². The highest BCUT2D eigenvalue weighted by molar-refractivity contribution is 5.73. The summed E-state index contributed by atoms with van der Waals surface area (Å²) in [6.45, 7) is 2.60. The zero-order valence-electron chi connectivity index (χ0n) is 16.2. The third kappa shape index (κ3) is 6.77. The van der Waals surface area contributed by atoms with Gasteiger partial charge < -0.3 is 61.0 Å². The van der Waals surface area contributed by atoms with Gasteiger partial charge in [-0.15, -0.1) is 0 Å². The minimum absolute atomic E-state index is 0.436. The first kappa shape index (κ1) is 26.1. The molecule has 0 bridgehead atoms. The summed E-state index contributed by atoms with van der Waals surface area (Å²) in [5, 5.41) is 79.4. The molecule has 172 valence electrons. The Morgan fingerprint density at radius 1 is 0.793 bits per heavy atom. The summed E-state index contributed by atoms with van der Waals surface area (Å²) in [5.74, 6) is -0.462. The summed E-state index contributed by atoms with van der Waals surface area (Å²) >= 11 is 0. The van der Waals surface area contributed by atoms with Crippen LogP contribution < -0.4 is 10.6 Å². The van der Waals surface area contributed by atoms with Crippen molar-refractivity contribution in [3.63, 3.8) is 0 Å². The van der Waals surface area contributed by atoms with E-state index in [4.69, 9.17) is 19.7 Å². The van der Waals surface area contributed by atoms with Crippen molar-refractivity contribution in [2.45, 2.75) is 75.1 Å². The normalized spacial score (nSPS) is 42.6. The van der Waals surface area contributed by atoms with Crippen LogP contribution >= 0.6 is 0 Å². The molecular weight excluding hydrogens is 396 g/mol. The summed E-state index contributed by atoms with van der Waals surface area (Å²) < 4.78 is 9.73. The van der Waals surface area contributed by atoms with Crippen LogP contribution in [0.1, 0.15) is 13.8 Å². The lowest BCUT2D eigenvalue weighted by Gasteiger charge is -2.40. The lowest BCUT2D eigenvalue weighted by Crippen LogP contribution is -2.63. The third-order valence-electron chi connectivity index (χ3n) is 4.61. The molecule has 0 spiro atoms. The lowest BCUT2D eigenvalue weighted by atomic mass is 9.97. The zero-order valence-corrected chi connectivity index (χ0v) is 16.2. The molecule has 0 aromatic carbocycles. The first-order valence-corrected chi connectivity index (χ1v) is 9.20. The SMILES string of the molecule is CC(=O)N[C@H]1C(O)O[C@H](CO)[C@@H](O)[C@@H]1O.CCN[C@H]1C(O)O[C@H](CO)[C@@H](O)[C@@H]1O. The summed E-state index contributed by atoms with van der Waals surface area (Å²) in [7, 11) is 0. The number of hydrogen-bond donors (Lipinski definition) is 10. The van der Waals surface area contributed by atoms with Gasteiger partial charge in [-0.05, 0) is 6.54 Å². The van der Waals surface area contributed by atoms with Crippen molar-refractivity contribution >= 4 is 5.91 Å². The maximum Gasteiger partial charge on any atom is 0.217 e. The Morgan fingerprint density at radius 2 is 1.21 bits per heavy atom. The Hall–Kier alpha value is -0.970. The molecule has 0 aromatic heterocycles. The predicted octanol–water partition coefficient (Wildman–Crippen LogP) is -5.68. The van der Waals surface area contributed by atoms with Gasteiger partial charge in [0.25, 0.3) is 0 Å². The van der Waals surface area contributed by atoms with Crippen LogP contribution in [0.15, 0.2) is 0 Å². The summed E-state index contributed by atoms with van der Waals surface area (Å²) in [4.78, 5) is 10.7. The predicted molar refractivity (Wildman–Crippen MR) is 95.0 cm³/mol. The summed E-state index contributed by atoms with van der Waals surface area (Å²) in [5.41, 5.74) is 0. The Labute approximate surface area is 167 Å². The number of aliphatic hydroxyl groups excluding tert-OH is 8. The Balaban J connectivity index is 0.000000291. The Bertz CT molecular complexity index is 499. The smallest absolute Gasteiger partial charge is 0.217 e. The summed E-state index contributed by atoms with van der Waals surface area (Å²) in [6.07, 6.45) is -9.72. The number of likely N-dealkylation sites (N-methyl/N-ethyl adjacent to an activating group) is 1. The molecule has 2 rings (SSSR count). The number of nitrogens with one attached hydrogen (secondary N) is 2. The number of amides is 1. The van der Waals surface area contributed by atoms with Crippen molar-refractivity contribution in [1.29, 1.82) is 0 Å². The van der Waals surface area contributed by atoms with E-state index in [-0.39, 0.29) is 0 Å². The van der Waals surface area contributed by atoms with Crippen LogP contribution in [0.5, 0.6) is 0 Å². The zero-order chi connectivity index (χ0) is 22.3. The highest BCUT2D eigenvalue weighted by Crippen LogP contribution is 2.20. The van der Waals surface area contributed by atoms with E-state index in [1.54, 1.807) is 0 Å². The molecule has 29 heavy (non-hydrogen) atoms. The largest absolute Gasteiger partial charge is 0.394 e. The monoisotopic (exact) mass is 428 g/mol. The highest BCUT2D eigenvalue weighted by atomic mass is 16.6. The first-order chi connectivity index (χ1) is 13.6. The number of carbonyl (C=O) groups is 1. The van der Waals surface area contributed by atoms with Gasteiger partial charge in [0.15, 0.2) is 12.6 Å². The average Bonchev–Trinajstić information content (AvgIpc) is 2.68. The van der Waals surface area contributed by atoms with Gasteiger partial charge in [-0.2, -0.15) is 0 Å². The molecule has 1 amide bonds. The molecule has 0 aliphatic carbocycles. The van der Waals surface area contributed by atoms with Crippen molar-refractivity contribution in [3.05, 3.63) is 0 Å². The maximum absolute atomic E-state index is 10.7. The number of aliphatic hydroxyl groups is 8. The van der Waals surface area contributed by atoms with E-state index in [0.29, 0.717) is 6.54 Å². The minimum Gasteiger partial charge on any atom is -0.394 e. The van der Waals surface area contributed by atoms with E-state index in [2.05, 4.69) is 10.6 Å². The second kappa shape index (κ2) is 12.0. The molecule has 10 atom stereocenters. The number of carbonyl (C=O) groups excluding carboxylic acids is 1. The highest BCUT2D eigenvalue weighted by Gasteiger charge is 2.44. The molecule has 2 fully saturated rings. The van der Waals surface area contributed by atoms with Gasteiger partial charge in [0.1, 0.15) is 42.7 Å². The molecule has 13 heteroatoms. The maximum atomic E-state index is 10.7. The lowest BCUT2D eigenvalue weighted by molar-refractivity contribution is -0.254. The standard InChI is InChI=1S/C8H15NO6.C8H17NO5/c1-3(11)9-5-7(13)6(12)4(2-10)15-8(5)14;1-2-9-5-7(12)6(11)4(3-10)14-8(5)13/h4-8,10,12-14H,2H2,1H3,(H,9,11);4-13H,2-3H2,1H3/t2*4-,5-,6-,7-,8?/m11/s1. The Kier molecular flexibility index (Phi) is 10.8. The van der Waals surface area contributed by atoms with Crippen molar-refractivity contribution in [3.8, 4) is 0 Å². The minimum atomic E-state index is -1.45. The van der Waals surface area contributed by atoms with E-state index >= 15 is 0 Å². The molecule has 2 aliphatic rings. The molecule has 0 radical (unpaired) electrons. The molecule has 10 N–H and O–H groups in total. The summed E-state index contributed by atoms with van der Waals surface area (Å²) in [6, 6.07) is -1.82. The van der Waals surface area contributed by atoms with Crippen LogP contribution in [0, 0.1) is 0 Å². The van der Waals surface area contributed by atoms with Crippen molar-refractivity contribution in [1.82, 2.24) is 10.6 Å². The molecule has 0 aromatic rings. The molecule has 13 nitrogen and oxygen atoms in total. The molecule has 2 aliphatic heterocycles. The fourth-order valence-corrected chi connectivity index (χ4v) is 3.04.